The molecule has 3 aromatic rings. The summed E-state index contributed by atoms with van der Waals surface area (Å²) < 4.78 is 5.17. The Morgan fingerprint density at radius 3 is 2.78 bits per heavy atom. The molecule has 4 heteroatoms. The average Bonchev–Trinajstić information content (AvgIpc) is 2.90. The van der Waals surface area contributed by atoms with Crippen molar-refractivity contribution < 1.29 is 9.52 Å². The van der Waals surface area contributed by atoms with Crippen LogP contribution in [0.4, 0.5) is 5.69 Å². The summed E-state index contributed by atoms with van der Waals surface area (Å²) in [5, 5.41) is 14.9. The molecule has 0 bridgehead atoms. The number of nitrogens with one attached hydrogen (secondary N) is 1. The van der Waals surface area contributed by atoms with Crippen LogP contribution in [0.15, 0.2) is 53.4 Å². The van der Waals surface area contributed by atoms with Gasteiger partial charge in [-0.2, -0.15) is 0 Å². The van der Waals surface area contributed by atoms with Crippen molar-refractivity contribution in [2.75, 3.05) is 5.32 Å². The zero-order chi connectivity index (χ0) is 12.4. The van der Waals surface area contributed by atoms with E-state index in [1.54, 1.807) is 12.3 Å². The number of aromatic nitrogens is 1. The van der Waals surface area contributed by atoms with E-state index in [0.717, 1.165) is 22.2 Å². The summed E-state index contributed by atoms with van der Waals surface area (Å²) in [6, 6.07) is 11.3. The Kier molecular flexibility index (Phi) is 2.61. The monoisotopic (exact) mass is 240 g/mol. The second-order valence-electron chi connectivity index (χ2n) is 4.00. The molecule has 2 aromatic carbocycles. The van der Waals surface area contributed by atoms with Gasteiger partial charge in [0.1, 0.15) is 11.5 Å². The van der Waals surface area contributed by atoms with Gasteiger partial charge in [0, 0.05) is 16.5 Å². The lowest BCUT2D eigenvalue weighted by Gasteiger charge is -2.09. The molecule has 1 heterocycles. The van der Waals surface area contributed by atoms with Crippen LogP contribution in [0.2, 0.25) is 0 Å². The molecule has 0 aliphatic heterocycles. The molecule has 0 aliphatic carbocycles. The largest absolute Gasteiger partial charge is 0.507 e. The number of rotatable bonds is 3. The maximum Gasteiger partial charge on any atom is 0.180 e. The summed E-state index contributed by atoms with van der Waals surface area (Å²) in [6.07, 6.45) is 3.08. The number of oxazole rings is 1. The lowest BCUT2D eigenvalue weighted by Crippen LogP contribution is -1.98. The van der Waals surface area contributed by atoms with Crippen LogP contribution in [0, 0.1) is 0 Å². The summed E-state index contributed by atoms with van der Waals surface area (Å²) in [6.45, 7) is 0.564. The van der Waals surface area contributed by atoms with Crippen molar-refractivity contribution in [3.63, 3.8) is 0 Å². The SMILES string of the molecule is Oc1cccc2c(NCc3cnco3)cccc12. The first-order chi connectivity index (χ1) is 8.84. The zero-order valence-corrected chi connectivity index (χ0v) is 9.63. The van der Waals surface area contributed by atoms with Crippen LogP contribution in [0.25, 0.3) is 10.8 Å². The Morgan fingerprint density at radius 1 is 1.11 bits per heavy atom. The normalized spacial score (nSPS) is 10.7. The van der Waals surface area contributed by atoms with E-state index in [4.69, 9.17) is 4.42 Å². The first kappa shape index (κ1) is 10.7. The highest BCUT2D eigenvalue weighted by Crippen LogP contribution is 2.29. The molecule has 0 unspecified atom stereocenters. The fourth-order valence-electron chi connectivity index (χ4n) is 1.96. The number of phenols is 1. The van der Waals surface area contributed by atoms with E-state index in [1.807, 2.05) is 30.3 Å². The molecular formula is C14H12N2O2. The number of hydrogen-bond acceptors (Lipinski definition) is 4. The highest BCUT2D eigenvalue weighted by atomic mass is 16.3. The molecule has 0 saturated heterocycles. The number of aromatic hydroxyl groups is 1. The molecule has 0 amide bonds. The topological polar surface area (TPSA) is 58.3 Å². The van der Waals surface area contributed by atoms with Gasteiger partial charge < -0.3 is 14.8 Å². The number of anilines is 1. The van der Waals surface area contributed by atoms with E-state index in [1.165, 1.54) is 6.39 Å². The molecule has 0 aliphatic rings. The molecule has 2 N–H and O–H groups in total. The maximum atomic E-state index is 9.79. The second-order valence-corrected chi connectivity index (χ2v) is 4.00. The molecule has 0 atom stereocenters. The fourth-order valence-corrected chi connectivity index (χ4v) is 1.96. The molecule has 0 radical (unpaired) electrons. The minimum atomic E-state index is 0.288. The number of phenolic OH excluding ortho intramolecular Hbond substituents is 1. The minimum absolute atomic E-state index is 0.288. The Bertz CT molecular complexity index is 663. The Balaban J connectivity index is 1.94. The smallest absolute Gasteiger partial charge is 0.180 e. The van der Waals surface area contributed by atoms with Gasteiger partial charge in [-0.15, -0.1) is 0 Å². The quantitative estimate of drug-likeness (QED) is 0.738. The van der Waals surface area contributed by atoms with Crippen LogP contribution in [-0.2, 0) is 6.54 Å². The van der Waals surface area contributed by atoms with Gasteiger partial charge in [-0.05, 0) is 12.1 Å². The molecule has 4 nitrogen and oxygen atoms in total. The maximum absolute atomic E-state index is 9.79. The van der Waals surface area contributed by atoms with E-state index in [2.05, 4.69) is 10.3 Å². The summed E-state index contributed by atoms with van der Waals surface area (Å²) in [5.41, 5.74) is 0.958. The van der Waals surface area contributed by atoms with Gasteiger partial charge >= 0.3 is 0 Å². The standard InChI is InChI=1S/C14H12N2O2/c17-14-6-2-3-11-12(14)4-1-5-13(11)16-8-10-7-15-9-18-10/h1-7,9,16-17H,8H2. The van der Waals surface area contributed by atoms with Crippen molar-refractivity contribution in [2.24, 2.45) is 0 Å². The third kappa shape index (κ3) is 1.88. The van der Waals surface area contributed by atoms with Crippen molar-refractivity contribution in [2.45, 2.75) is 6.54 Å². The molecule has 1 aromatic heterocycles. The van der Waals surface area contributed by atoms with Gasteiger partial charge in [0.2, 0.25) is 0 Å². The van der Waals surface area contributed by atoms with Gasteiger partial charge in [0.25, 0.3) is 0 Å². The van der Waals surface area contributed by atoms with Gasteiger partial charge in [0.15, 0.2) is 6.39 Å². The fraction of sp³-hybridized carbons (Fsp3) is 0.0714. The zero-order valence-electron chi connectivity index (χ0n) is 9.63. The third-order valence-electron chi connectivity index (χ3n) is 2.84. The van der Waals surface area contributed by atoms with Crippen molar-refractivity contribution in [3.8, 4) is 5.75 Å². The van der Waals surface area contributed by atoms with Gasteiger partial charge in [-0.25, -0.2) is 4.98 Å². The summed E-state index contributed by atoms with van der Waals surface area (Å²) in [5.74, 6) is 1.06. The van der Waals surface area contributed by atoms with Crippen molar-refractivity contribution >= 4 is 16.5 Å². The minimum Gasteiger partial charge on any atom is -0.507 e. The summed E-state index contributed by atoms with van der Waals surface area (Å²) in [7, 11) is 0. The lowest BCUT2D eigenvalue weighted by molar-refractivity contribution is 0.481. The van der Waals surface area contributed by atoms with Crippen LogP contribution in [0.5, 0.6) is 5.75 Å². The van der Waals surface area contributed by atoms with E-state index in [0.29, 0.717) is 6.54 Å². The van der Waals surface area contributed by atoms with Crippen molar-refractivity contribution in [1.82, 2.24) is 4.98 Å². The first-order valence-electron chi connectivity index (χ1n) is 5.66. The van der Waals surface area contributed by atoms with Gasteiger partial charge in [-0.3, -0.25) is 0 Å². The molecule has 0 spiro atoms. The molecule has 0 fully saturated rings. The van der Waals surface area contributed by atoms with Crippen LogP contribution in [-0.4, -0.2) is 10.1 Å². The van der Waals surface area contributed by atoms with Crippen molar-refractivity contribution in [3.05, 3.63) is 54.7 Å². The highest BCUT2D eigenvalue weighted by Gasteiger charge is 2.04. The van der Waals surface area contributed by atoms with Crippen LogP contribution < -0.4 is 5.32 Å². The number of nitrogens with zero attached hydrogens (tertiary/aromatic N) is 1. The van der Waals surface area contributed by atoms with E-state index < -0.39 is 0 Å². The number of benzene rings is 2. The summed E-state index contributed by atoms with van der Waals surface area (Å²) >= 11 is 0. The van der Waals surface area contributed by atoms with Gasteiger partial charge in [0.05, 0.1) is 12.7 Å². The first-order valence-corrected chi connectivity index (χ1v) is 5.66. The van der Waals surface area contributed by atoms with E-state index in [9.17, 15) is 5.11 Å². The average molecular weight is 240 g/mol. The Hall–Kier alpha value is -2.49. The van der Waals surface area contributed by atoms with Gasteiger partial charge in [-0.1, -0.05) is 24.3 Å². The molecule has 0 saturated carbocycles. The molecule has 3 rings (SSSR count). The number of hydrogen-bond donors (Lipinski definition) is 2. The van der Waals surface area contributed by atoms with Crippen LogP contribution in [0.1, 0.15) is 5.76 Å². The van der Waals surface area contributed by atoms with E-state index >= 15 is 0 Å². The predicted octanol–water partition coefficient (Wildman–Crippen LogP) is 3.15. The van der Waals surface area contributed by atoms with Crippen LogP contribution in [0.3, 0.4) is 0 Å². The Morgan fingerprint density at radius 2 is 1.94 bits per heavy atom. The summed E-state index contributed by atoms with van der Waals surface area (Å²) in [4.78, 5) is 3.86. The van der Waals surface area contributed by atoms with E-state index in [-0.39, 0.29) is 5.75 Å². The molecule has 18 heavy (non-hydrogen) atoms. The number of fused-ring (bicyclic) bond motifs is 1. The van der Waals surface area contributed by atoms with Crippen molar-refractivity contribution in [1.29, 1.82) is 0 Å². The molecule has 90 valence electrons. The predicted molar refractivity (Wildman–Crippen MR) is 69.4 cm³/mol. The van der Waals surface area contributed by atoms with Crippen LogP contribution >= 0.6 is 0 Å². The molecular weight excluding hydrogens is 228 g/mol. The lowest BCUT2D eigenvalue weighted by atomic mass is 10.1. The third-order valence-corrected chi connectivity index (χ3v) is 2.84. The highest BCUT2D eigenvalue weighted by molar-refractivity contribution is 5.97. The second kappa shape index (κ2) is 4.41. The Labute approximate surface area is 104 Å².